The summed E-state index contributed by atoms with van der Waals surface area (Å²) in [7, 11) is 0. The predicted molar refractivity (Wildman–Crippen MR) is 115 cm³/mol. The number of aryl methyl sites for hydroxylation is 1. The van der Waals surface area contributed by atoms with E-state index in [4.69, 9.17) is 0 Å². The van der Waals surface area contributed by atoms with Crippen molar-refractivity contribution in [3.8, 4) is 11.8 Å². The fourth-order valence-corrected chi connectivity index (χ4v) is 5.28. The molecule has 2 aromatic rings. The average molecular weight is 357 g/mol. The van der Waals surface area contributed by atoms with E-state index in [2.05, 4.69) is 74.2 Å². The Morgan fingerprint density at radius 2 is 1.33 bits per heavy atom. The molecular formula is C27H32. The lowest BCUT2D eigenvalue weighted by atomic mass is 9.63. The molecule has 2 aromatic carbocycles. The van der Waals surface area contributed by atoms with E-state index < -0.39 is 0 Å². The minimum absolute atomic E-state index is 0.767. The normalized spacial score (nSPS) is 27.3. The van der Waals surface area contributed by atoms with Gasteiger partial charge in [0.1, 0.15) is 0 Å². The topological polar surface area (TPSA) is 0 Å². The molecule has 0 amide bonds. The molecule has 1 unspecified atom stereocenters. The molecule has 27 heavy (non-hydrogen) atoms. The van der Waals surface area contributed by atoms with Crippen LogP contribution in [0.15, 0.2) is 48.5 Å². The fraction of sp³-hybridized carbons (Fsp3) is 0.481. The third kappa shape index (κ3) is 4.47. The van der Waals surface area contributed by atoms with Crippen molar-refractivity contribution in [3.05, 3.63) is 70.8 Å². The first kappa shape index (κ1) is 18.4. The molecule has 2 aliphatic rings. The highest BCUT2D eigenvalue weighted by Crippen LogP contribution is 2.48. The standard InChI is InChI=1S/C27H32/c1-3-21-10-15-27-19-26(17-16-25(27)18-21)24-13-11-23(12-14-24)9-8-22-6-4-20(2)5-7-22/h4-7,11-14,21,25-27H,3,10,15-19H2,1-2H3/t21?,25-,26-,27-/m1/s1. The summed E-state index contributed by atoms with van der Waals surface area (Å²) in [6.07, 6.45) is 10.1. The monoisotopic (exact) mass is 356 g/mol. The van der Waals surface area contributed by atoms with Gasteiger partial charge in [0.05, 0.1) is 0 Å². The van der Waals surface area contributed by atoms with Gasteiger partial charge in [0, 0.05) is 11.1 Å². The first-order chi connectivity index (χ1) is 13.2. The van der Waals surface area contributed by atoms with E-state index in [1.165, 1.54) is 56.1 Å². The third-order valence-corrected chi connectivity index (χ3v) is 7.08. The molecule has 2 saturated carbocycles. The van der Waals surface area contributed by atoms with Crippen LogP contribution in [-0.2, 0) is 0 Å². The summed E-state index contributed by atoms with van der Waals surface area (Å²) in [5, 5.41) is 0. The summed E-state index contributed by atoms with van der Waals surface area (Å²) < 4.78 is 0. The smallest absolute Gasteiger partial charge is 0.0249 e. The van der Waals surface area contributed by atoms with Gasteiger partial charge in [-0.25, -0.2) is 0 Å². The molecule has 0 heteroatoms. The maximum atomic E-state index is 3.32. The minimum atomic E-state index is 0.767. The van der Waals surface area contributed by atoms with Gasteiger partial charge in [0.2, 0.25) is 0 Å². The highest BCUT2D eigenvalue weighted by atomic mass is 14.4. The molecule has 4 atom stereocenters. The number of hydrogen-bond donors (Lipinski definition) is 0. The molecule has 0 bridgehead atoms. The van der Waals surface area contributed by atoms with Crippen LogP contribution in [-0.4, -0.2) is 0 Å². The van der Waals surface area contributed by atoms with Crippen LogP contribution in [0, 0.1) is 36.5 Å². The number of rotatable bonds is 2. The van der Waals surface area contributed by atoms with Crippen LogP contribution in [0.25, 0.3) is 0 Å². The molecule has 4 rings (SSSR count). The maximum absolute atomic E-state index is 3.32. The average Bonchev–Trinajstić information content (AvgIpc) is 2.73. The van der Waals surface area contributed by atoms with E-state index >= 15 is 0 Å². The van der Waals surface area contributed by atoms with Gasteiger partial charge in [-0.05, 0) is 92.5 Å². The molecule has 2 aliphatic carbocycles. The minimum Gasteiger partial charge on any atom is -0.0651 e. The molecule has 0 aromatic heterocycles. The Kier molecular flexibility index (Phi) is 5.68. The van der Waals surface area contributed by atoms with Crippen molar-refractivity contribution in [2.24, 2.45) is 17.8 Å². The van der Waals surface area contributed by atoms with E-state index in [1.54, 1.807) is 0 Å². The zero-order chi connectivity index (χ0) is 18.6. The fourth-order valence-electron chi connectivity index (χ4n) is 5.28. The van der Waals surface area contributed by atoms with E-state index in [-0.39, 0.29) is 0 Å². The maximum Gasteiger partial charge on any atom is 0.0249 e. The zero-order valence-corrected chi connectivity index (χ0v) is 16.9. The lowest BCUT2D eigenvalue weighted by molar-refractivity contribution is 0.116. The van der Waals surface area contributed by atoms with E-state index in [0.29, 0.717) is 0 Å². The third-order valence-electron chi connectivity index (χ3n) is 7.08. The Labute approximate surface area is 165 Å². The van der Waals surface area contributed by atoms with Gasteiger partial charge in [0.25, 0.3) is 0 Å². The Bertz CT molecular complexity index is 800. The van der Waals surface area contributed by atoms with E-state index in [1.807, 2.05) is 0 Å². The molecule has 0 spiro atoms. The summed E-state index contributed by atoms with van der Waals surface area (Å²) in [6, 6.07) is 17.6. The molecule has 2 fully saturated rings. The van der Waals surface area contributed by atoms with Crippen LogP contribution in [0.2, 0.25) is 0 Å². The van der Waals surface area contributed by atoms with Gasteiger partial charge in [-0.2, -0.15) is 0 Å². The second-order valence-electron chi connectivity index (χ2n) is 8.86. The summed E-state index contributed by atoms with van der Waals surface area (Å²) in [5.41, 5.74) is 5.02. The van der Waals surface area contributed by atoms with Crippen molar-refractivity contribution < 1.29 is 0 Å². The van der Waals surface area contributed by atoms with Crippen LogP contribution in [0.1, 0.15) is 80.0 Å². The SMILES string of the molecule is CCC1CC[C@@H]2C[C@H](c3ccc(C#Cc4ccc(C)cc4)cc3)CC[C@@H]2C1. The summed E-state index contributed by atoms with van der Waals surface area (Å²) in [5.74, 6) is 10.4. The second-order valence-corrected chi connectivity index (χ2v) is 8.86. The first-order valence-corrected chi connectivity index (χ1v) is 10.9. The van der Waals surface area contributed by atoms with Crippen LogP contribution < -0.4 is 0 Å². The van der Waals surface area contributed by atoms with E-state index in [9.17, 15) is 0 Å². The lowest BCUT2D eigenvalue weighted by Crippen LogP contribution is -2.30. The summed E-state index contributed by atoms with van der Waals surface area (Å²) >= 11 is 0. The van der Waals surface area contributed by atoms with E-state index in [0.717, 1.165) is 34.8 Å². The molecule has 0 saturated heterocycles. The van der Waals surface area contributed by atoms with Gasteiger partial charge in [-0.3, -0.25) is 0 Å². The van der Waals surface area contributed by atoms with Gasteiger partial charge >= 0.3 is 0 Å². The Morgan fingerprint density at radius 3 is 2.00 bits per heavy atom. The number of fused-ring (bicyclic) bond motifs is 1. The zero-order valence-electron chi connectivity index (χ0n) is 16.9. The second kappa shape index (κ2) is 8.35. The summed E-state index contributed by atoms with van der Waals surface area (Å²) in [6.45, 7) is 4.48. The quantitative estimate of drug-likeness (QED) is 0.503. The Hall–Kier alpha value is -2.00. The molecule has 0 nitrogen and oxygen atoms in total. The van der Waals surface area contributed by atoms with Crippen LogP contribution >= 0.6 is 0 Å². The Morgan fingerprint density at radius 1 is 0.741 bits per heavy atom. The largest absolute Gasteiger partial charge is 0.0651 e. The Balaban J connectivity index is 1.39. The van der Waals surface area contributed by atoms with Crippen molar-refractivity contribution in [2.75, 3.05) is 0 Å². The van der Waals surface area contributed by atoms with Crippen molar-refractivity contribution >= 4 is 0 Å². The number of hydrogen-bond acceptors (Lipinski definition) is 0. The molecule has 0 heterocycles. The van der Waals surface area contributed by atoms with Crippen molar-refractivity contribution in [1.29, 1.82) is 0 Å². The van der Waals surface area contributed by atoms with Gasteiger partial charge in [-0.15, -0.1) is 0 Å². The molecule has 0 radical (unpaired) electrons. The van der Waals surface area contributed by atoms with Gasteiger partial charge in [-0.1, -0.05) is 61.4 Å². The first-order valence-electron chi connectivity index (χ1n) is 10.9. The van der Waals surface area contributed by atoms with Gasteiger partial charge < -0.3 is 0 Å². The molecule has 140 valence electrons. The van der Waals surface area contributed by atoms with Gasteiger partial charge in [0.15, 0.2) is 0 Å². The predicted octanol–water partition coefficient (Wildman–Crippen LogP) is 7.10. The lowest BCUT2D eigenvalue weighted by Gasteiger charge is -2.42. The highest BCUT2D eigenvalue weighted by molar-refractivity contribution is 5.44. The molecule has 0 aliphatic heterocycles. The summed E-state index contributed by atoms with van der Waals surface area (Å²) in [4.78, 5) is 0. The number of benzene rings is 2. The van der Waals surface area contributed by atoms with Crippen LogP contribution in [0.3, 0.4) is 0 Å². The van der Waals surface area contributed by atoms with Crippen LogP contribution in [0.4, 0.5) is 0 Å². The highest BCUT2D eigenvalue weighted by Gasteiger charge is 2.35. The van der Waals surface area contributed by atoms with Crippen LogP contribution in [0.5, 0.6) is 0 Å². The van der Waals surface area contributed by atoms with Crippen molar-refractivity contribution in [1.82, 2.24) is 0 Å². The van der Waals surface area contributed by atoms with Crippen molar-refractivity contribution in [3.63, 3.8) is 0 Å². The molecular weight excluding hydrogens is 324 g/mol. The van der Waals surface area contributed by atoms with Crippen molar-refractivity contribution in [2.45, 2.75) is 64.7 Å². The molecule has 0 N–H and O–H groups in total.